The van der Waals surface area contributed by atoms with E-state index in [4.69, 9.17) is 9.98 Å². The standard InChI is InChI=1S/C44H46N2/c1-7-9-19-35(8-2)41-27-18-29-43(32(41)4)42-28-17-26-40(31(42)3)34(6)46-44(45-33(5)36-20-12-10-13-21-36)39-25-16-24-38(30-39)37-22-14-11-15-23-37/h7,9-18,20-30,34-35H,8,19H2,1-6H3/b9-7-,45-33?,46-44?. The van der Waals surface area contributed by atoms with E-state index in [2.05, 4.69) is 169 Å². The molecular formula is C44H46N2. The molecule has 0 radical (unpaired) electrons. The predicted molar refractivity (Wildman–Crippen MR) is 199 cm³/mol. The van der Waals surface area contributed by atoms with Crippen LogP contribution < -0.4 is 0 Å². The van der Waals surface area contributed by atoms with Gasteiger partial charge in [-0.2, -0.15) is 0 Å². The first-order valence-electron chi connectivity index (χ1n) is 16.6. The fourth-order valence-corrected chi connectivity index (χ4v) is 6.39. The van der Waals surface area contributed by atoms with E-state index in [-0.39, 0.29) is 6.04 Å². The van der Waals surface area contributed by atoms with Crippen LogP contribution in [-0.2, 0) is 0 Å². The van der Waals surface area contributed by atoms with Crippen LogP contribution in [0.2, 0.25) is 0 Å². The first-order chi connectivity index (χ1) is 22.4. The highest BCUT2D eigenvalue weighted by Crippen LogP contribution is 2.36. The molecule has 46 heavy (non-hydrogen) atoms. The number of aliphatic imine (C=N–C) groups is 2. The van der Waals surface area contributed by atoms with Crippen LogP contribution in [-0.4, -0.2) is 11.5 Å². The Balaban J connectivity index is 1.58. The van der Waals surface area contributed by atoms with Gasteiger partial charge in [0, 0.05) is 11.3 Å². The molecule has 2 atom stereocenters. The molecule has 0 aliphatic heterocycles. The largest absolute Gasteiger partial charge is 0.258 e. The van der Waals surface area contributed by atoms with Crippen molar-refractivity contribution in [1.29, 1.82) is 0 Å². The van der Waals surface area contributed by atoms with Gasteiger partial charge < -0.3 is 0 Å². The van der Waals surface area contributed by atoms with E-state index in [0.717, 1.165) is 41.1 Å². The van der Waals surface area contributed by atoms with Gasteiger partial charge in [0.05, 0.1) is 6.04 Å². The van der Waals surface area contributed by atoms with Crippen LogP contribution in [0.4, 0.5) is 0 Å². The van der Waals surface area contributed by atoms with Crippen molar-refractivity contribution in [3.63, 3.8) is 0 Å². The Labute approximate surface area is 276 Å². The van der Waals surface area contributed by atoms with E-state index in [1.54, 1.807) is 0 Å². The Morgan fingerprint density at radius 3 is 1.89 bits per heavy atom. The number of benzene rings is 5. The zero-order chi connectivity index (χ0) is 32.5. The molecule has 0 saturated carbocycles. The van der Waals surface area contributed by atoms with E-state index in [1.807, 2.05) is 6.07 Å². The maximum Gasteiger partial charge on any atom is 0.155 e. The maximum atomic E-state index is 5.35. The summed E-state index contributed by atoms with van der Waals surface area (Å²) in [6.45, 7) is 13.2. The Morgan fingerprint density at radius 2 is 1.24 bits per heavy atom. The molecule has 0 bridgehead atoms. The summed E-state index contributed by atoms with van der Waals surface area (Å²) in [5.41, 5.74) is 13.3. The number of hydrogen-bond donors (Lipinski definition) is 0. The summed E-state index contributed by atoms with van der Waals surface area (Å²) in [6.07, 6.45) is 6.64. The monoisotopic (exact) mass is 602 g/mol. The zero-order valence-corrected chi connectivity index (χ0v) is 28.2. The molecule has 0 heterocycles. The summed E-state index contributed by atoms with van der Waals surface area (Å²) in [6, 6.07) is 42.8. The van der Waals surface area contributed by atoms with Crippen molar-refractivity contribution in [3.05, 3.63) is 167 Å². The molecule has 0 aliphatic carbocycles. The number of allylic oxidation sites excluding steroid dienone is 2. The van der Waals surface area contributed by atoms with Gasteiger partial charge in [-0.15, -0.1) is 0 Å². The first kappa shape index (κ1) is 32.6. The van der Waals surface area contributed by atoms with Crippen molar-refractivity contribution in [2.75, 3.05) is 0 Å². The van der Waals surface area contributed by atoms with E-state index in [0.29, 0.717) is 5.92 Å². The summed E-state index contributed by atoms with van der Waals surface area (Å²) < 4.78 is 0. The predicted octanol–water partition coefficient (Wildman–Crippen LogP) is 12.1. The minimum atomic E-state index is -0.0933. The lowest BCUT2D eigenvalue weighted by Crippen LogP contribution is -2.07. The quantitative estimate of drug-likeness (QED) is 0.0863. The van der Waals surface area contributed by atoms with Crippen LogP contribution in [0.25, 0.3) is 22.3 Å². The molecule has 0 saturated heterocycles. The van der Waals surface area contributed by atoms with Gasteiger partial charge in [0.15, 0.2) is 5.84 Å². The molecule has 2 heteroatoms. The van der Waals surface area contributed by atoms with E-state index < -0.39 is 0 Å². The Kier molecular flexibility index (Phi) is 10.9. The number of hydrogen-bond acceptors (Lipinski definition) is 1. The van der Waals surface area contributed by atoms with Crippen LogP contribution in [0.3, 0.4) is 0 Å². The van der Waals surface area contributed by atoms with Crippen LogP contribution >= 0.6 is 0 Å². The van der Waals surface area contributed by atoms with E-state index >= 15 is 0 Å². The maximum absolute atomic E-state index is 5.35. The number of rotatable bonds is 10. The highest BCUT2D eigenvalue weighted by atomic mass is 14.9. The van der Waals surface area contributed by atoms with Gasteiger partial charge in [-0.25, -0.2) is 4.99 Å². The first-order valence-corrected chi connectivity index (χ1v) is 16.6. The number of nitrogens with zero attached hydrogens (tertiary/aromatic N) is 2. The highest BCUT2D eigenvalue weighted by Gasteiger charge is 2.18. The Hall–Kier alpha value is -4.82. The summed E-state index contributed by atoms with van der Waals surface area (Å²) >= 11 is 0. The molecule has 2 unspecified atom stereocenters. The SMILES string of the molecule is C/C=C\CC(CC)c1cccc(-c2cccc(C(C)N=C(N=C(C)c3ccccc3)c3cccc(-c4ccccc4)c3)c2C)c1C. The fourth-order valence-electron chi connectivity index (χ4n) is 6.39. The van der Waals surface area contributed by atoms with Crippen LogP contribution in [0, 0.1) is 13.8 Å². The van der Waals surface area contributed by atoms with Gasteiger partial charge in [0.2, 0.25) is 0 Å². The van der Waals surface area contributed by atoms with Crippen LogP contribution in [0.1, 0.15) is 85.9 Å². The molecule has 0 aliphatic rings. The van der Waals surface area contributed by atoms with Crippen molar-refractivity contribution in [1.82, 2.24) is 0 Å². The molecule has 0 aromatic heterocycles. The second-order valence-electron chi connectivity index (χ2n) is 12.1. The highest BCUT2D eigenvalue weighted by molar-refractivity contribution is 6.11. The van der Waals surface area contributed by atoms with Crippen molar-refractivity contribution in [2.24, 2.45) is 9.98 Å². The molecule has 0 fully saturated rings. The third-order valence-corrected chi connectivity index (χ3v) is 9.09. The average molecular weight is 603 g/mol. The van der Waals surface area contributed by atoms with Gasteiger partial charge in [-0.05, 0) is 110 Å². The van der Waals surface area contributed by atoms with Crippen molar-refractivity contribution in [2.45, 2.75) is 66.3 Å². The normalized spacial score (nSPS) is 13.6. The molecule has 5 aromatic rings. The van der Waals surface area contributed by atoms with Gasteiger partial charge in [0.1, 0.15) is 0 Å². The van der Waals surface area contributed by atoms with Crippen LogP contribution in [0.15, 0.2) is 143 Å². The molecule has 5 aromatic carbocycles. The lowest BCUT2D eigenvalue weighted by molar-refractivity contribution is 0.670. The van der Waals surface area contributed by atoms with Gasteiger partial charge in [-0.3, -0.25) is 4.99 Å². The third kappa shape index (κ3) is 7.51. The summed E-state index contributed by atoms with van der Waals surface area (Å²) in [7, 11) is 0. The van der Waals surface area contributed by atoms with E-state index in [1.165, 1.54) is 38.9 Å². The zero-order valence-electron chi connectivity index (χ0n) is 28.2. The van der Waals surface area contributed by atoms with Gasteiger partial charge in [-0.1, -0.05) is 134 Å². The second-order valence-corrected chi connectivity index (χ2v) is 12.1. The minimum Gasteiger partial charge on any atom is -0.258 e. The average Bonchev–Trinajstić information content (AvgIpc) is 3.10. The molecule has 232 valence electrons. The lowest BCUT2D eigenvalue weighted by atomic mass is 9.84. The number of amidine groups is 1. The molecule has 0 spiro atoms. The third-order valence-electron chi connectivity index (χ3n) is 9.09. The molecule has 5 rings (SSSR count). The van der Waals surface area contributed by atoms with Crippen molar-refractivity contribution < 1.29 is 0 Å². The fraction of sp³-hybridized carbons (Fsp3) is 0.227. The summed E-state index contributed by atoms with van der Waals surface area (Å²) in [4.78, 5) is 10.5. The molecule has 0 N–H and O–H groups in total. The minimum absolute atomic E-state index is 0.0933. The Bertz CT molecular complexity index is 1840. The van der Waals surface area contributed by atoms with Gasteiger partial charge in [0.25, 0.3) is 0 Å². The molecular weight excluding hydrogens is 556 g/mol. The lowest BCUT2D eigenvalue weighted by Gasteiger charge is -2.21. The summed E-state index contributed by atoms with van der Waals surface area (Å²) in [5, 5.41) is 0. The Morgan fingerprint density at radius 1 is 0.674 bits per heavy atom. The molecule has 2 nitrogen and oxygen atoms in total. The van der Waals surface area contributed by atoms with Crippen molar-refractivity contribution >= 4 is 11.5 Å². The van der Waals surface area contributed by atoms with Gasteiger partial charge >= 0.3 is 0 Å². The topological polar surface area (TPSA) is 24.7 Å². The van der Waals surface area contributed by atoms with Crippen LogP contribution in [0.5, 0.6) is 0 Å². The van der Waals surface area contributed by atoms with Crippen molar-refractivity contribution in [3.8, 4) is 22.3 Å². The second kappa shape index (κ2) is 15.5. The molecule has 0 amide bonds. The smallest absolute Gasteiger partial charge is 0.155 e. The summed E-state index contributed by atoms with van der Waals surface area (Å²) in [5.74, 6) is 1.26. The van der Waals surface area contributed by atoms with E-state index in [9.17, 15) is 0 Å².